The second kappa shape index (κ2) is 8.14. The number of hydrogen-bond acceptors (Lipinski definition) is 5. The molecule has 0 saturated heterocycles. The SMILES string of the molecule is O=C(Nc1ccccc1Sc1ccccc1)c1cc2nccc(-c3cccs3)n2n1. The first-order chi connectivity index (χ1) is 14.8. The third-order valence-corrected chi connectivity index (χ3v) is 6.45. The third kappa shape index (κ3) is 3.72. The van der Waals surface area contributed by atoms with E-state index in [4.69, 9.17) is 0 Å². The summed E-state index contributed by atoms with van der Waals surface area (Å²) in [7, 11) is 0. The van der Waals surface area contributed by atoms with Gasteiger partial charge in [0.1, 0.15) is 0 Å². The third-order valence-electron chi connectivity index (χ3n) is 4.47. The number of anilines is 1. The van der Waals surface area contributed by atoms with Crippen LogP contribution in [-0.2, 0) is 0 Å². The molecule has 5 rings (SSSR count). The van der Waals surface area contributed by atoms with E-state index in [1.54, 1.807) is 39.9 Å². The molecule has 2 aromatic carbocycles. The van der Waals surface area contributed by atoms with Gasteiger partial charge in [0.25, 0.3) is 5.91 Å². The van der Waals surface area contributed by atoms with Crippen LogP contribution in [0.3, 0.4) is 0 Å². The first-order valence-corrected chi connectivity index (χ1v) is 11.0. The molecule has 3 aromatic heterocycles. The number of carbonyl (C=O) groups excluding carboxylic acids is 1. The number of fused-ring (bicyclic) bond motifs is 1. The van der Waals surface area contributed by atoms with Gasteiger partial charge in [-0.1, -0.05) is 48.2 Å². The maximum atomic E-state index is 13.0. The van der Waals surface area contributed by atoms with Crippen molar-refractivity contribution in [2.45, 2.75) is 9.79 Å². The van der Waals surface area contributed by atoms with E-state index in [9.17, 15) is 4.79 Å². The quantitative estimate of drug-likeness (QED) is 0.381. The molecule has 0 aliphatic carbocycles. The molecule has 0 bridgehead atoms. The van der Waals surface area contributed by atoms with Gasteiger partial charge in [-0.25, -0.2) is 9.50 Å². The highest BCUT2D eigenvalue weighted by Gasteiger charge is 2.16. The normalized spacial score (nSPS) is 10.9. The van der Waals surface area contributed by atoms with Crippen LogP contribution in [0.1, 0.15) is 10.5 Å². The molecule has 0 saturated carbocycles. The number of thiophene rings is 1. The lowest BCUT2D eigenvalue weighted by atomic mass is 10.3. The van der Waals surface area contributed by atoms with Gasteiger partial charge in [-0.2, -0.15) is 5.10 Å². The molecule has 5 aromatic rings. The van der Waals surface area contributed by atoms with Gasteiger partial charge in [-0.3, -0.25) is 4.79 Å². The van der Waals surface area contributed by atoms with Crippen molar-refractivity contribution < 1.29 is 4.79 Å². The fourth-order valence-electron chi connectivity index (χ4n) is 3.08. The molecule has 0 atom stereocenters. The molecule has 1 amide bonds. The van der Waals surface area contributed by atoms with Gasteiger partial charge < -0.3 is 5.32 Å². The molecule has 0 aliphatic heterocycles. The maximum Gasteiger partial charge on any atom is 0.276 e. The fourth-order valence-corrected chi connectivity index (χ4v) is 4.74. The zero-order chi connectivity index (χ0) is 20.3. The monoisotopic (exact) mass is 428 g/mol. The summed E-state index contributed by atoms with van der Waals surface area (Å²) in [6, 6.07) is 25.5. The Hall–Kier alpha value is -3.42. The number of nitrogens with zero attached hydrogens (tertiary/aromatic N) is 3. The van der Waals surface area contributed by atoms with Crippen LogP contribution in [0.4, 0.5) is 5.69 Å². The minimum absolute atomic E-state index is 0.265. The lowest BCUT2D eigenvalue weighted by molar-refractivity contribution is 0.102. The van der Waals surface area contributed by atoms with Crippen LogP contribution < -0.4 is 5.32 Å². The Labute approximate surface area is 181 Å². The molecular formula is C23H16N4OS2. The van der Waals surface area contributed by atoms with Gasteiger partial charge in [0, 0.05) is 22.1 Å². The van der Waals surface area contributed by atoms with Crippen LogP contribution in [0, 0.1) is 0 Å². The van der Waals surface area contributed by atoms with Gasteiger partial charge in [0.2, 0.25) is 0 Å². The molecule has 7 heteroatoms. The summed E-state index contributed by atoms with van der Waals surface area (Å²) in [5.41, 5.74) is 2.62. The van der Waals surface area contributed by atoms with Gasteiger partial charge >= 0.3 is 0 Å². The van der Waals surface area contributed by atoms with E-state index in [1.165, 1.54) is 0 Å². The average Bonchev–Trinajstić information content (AvgIpc) is 3.46. The predicted molar refractivity (Wildman–Crippen MR) is 121 cm³/mol. The number of rotatable bonds is 5. The lowest BCUT2D eigenvalue weighted by Gasteiger charge is -2.09. The summed E-state index contributed by atoms with van der Waals surface area (Å²) < 4.78 is 1.71. The first-order valence-electron chi connectivity index (χ1n) is 9.30. The molecule has 1 N–H and O–H groups in total. The highest BCUT2D eigenvalue weighted by Crippen LogP contribution is 2.33. The molecule has 30 heavy (non-hydrogen) atoms. The topological polar surface area (TPSA) is 59.3 Å². The van der Waals surface area contributed by atoms with Crippen molar-refractivity contribution in [3.05, 3.63) is 96.1 Å². The van der Waals surface area contributed by atoms with Crippen molar-refractivity contribution >= 4 is 40.3 Å². The Balaban J connectivity index is 1.44. The van der Waals surface area contributed by atoms with E-state index >= 15 is 0 Å². The smallest absolute Gasteiger partial charge is 0.276 e. The molecule has 3 heterocycles. The summed E-state index contributed by atoms with van der Waals surface area (Å²) in [6.45, 7) is 0. The van der Waals surface area contributed by atoms with E-state index in [2.05, 4.69) is 15.4 Å². The summed E-state index contributed by atoms with van der Waals surface area (Å²) in [4.78, 5) is 20.5. The van der Waals surface area contributed by atoms with Crippen LogP contribution in [0.15, 0.2) is 100 Å². The highest BCUT2D eigenvalue weighted by atomic mass is 32.2. The van der Waals surface area contributed by atoms with Crippen molar-refractivity contribution in [3.63, 3.8) is 0 Å². The first kappa shape index (κ1) is 18.6. The highest BCUT2D eigenvalue weighted by molar-refractivity contribution is 7.99. The number of hydrogen-bond donors (Lipinski definition) is 1. The molecule has 0 fully saturated rings. The Morgan fingerprint density at radius 1 is 0.967 bits per heavy atom. The summed E-state index contributed by atoms with van der Waals surface area (Å²) in [5, 5.41) is 9.54. The van der Waals surface area contributed by atoms with Gasteiger partial charge in [-0.05, 0) is 41.8 Å². The van der Waals surface area contributed by atoms with Crippen molar-refractivity contribution in [2.24, 2.45) is 0 Å². The maximum absolute atomic E-state index is 13.0. The zero-order valence-electron chi connectivity index (χ0n) is 15.7. The second-order valence-corrected chi connectivity index (χ2v) is 8.54. The number of nitrogens with one attached hydrogen (secondary N) is 1. The Kier molecular flexibility index (Phi) is 5.04. The van der Waals surface area contributed by atoms with E-state index in [1.807, 2.05) is 78.2 Å². The second-order valence-electron chi connectivity index (χ2n) is 6.47. The van der Waals surface area contributed by atoms with Crippen molar-refractivity contribution in [2.75, 3.05) is 5.32 Å². The van der Waals surface area contributed by atoms with E-state index in [0.717, 1.165) is 26.0 Å². The summed E-state index contributed by atoms with van der Waals surface area (Å²) in [6.07, 6.45) is 1.74. The standard InChI is InChI=1S/C23H16N4OS2/c28-23(25-17-9-4-5-10-20(17)30-16-7-2-1-3-8-16)18-15-22-24-13-12-19(27(22)26-18)21-11-6-14-29-21/h1-15H,(H,25,28). The van der Waals surface area contributed by atoms with Crippen LogP contribution in [-0.4, -0.2) is 20.5 Å². The number of amides is 1. The minimum Gasteiger partial charge on any atom is -0.320 e. The molecule has 0 spiro atoms. The Morgan fingerprint density at radius 3 is 2.63 bits per heavy atom. The van der Waals surface area contributed by atoms with Gasteiger partial charge in [-0.15, -0.1) is 11.3 Å². The largest absolute Gasteiger partial charge is 0.320 e. The number of carbonyl (C=O) groups is 1. The minimum atomic E-state index is -0.265. The van der Waals surface area contributed by atoms with Crippen LogP contribution in [0.25, 0.3) is 16.2 Å². The van der Waals surface area contributed by atoms with E-state index in [-0.39, 0.29) is 5.91 Å². The number of benzene rings is 2. The molecule has 5 nitrogen and oxygen atoms in total. The van der Waals surface area contributed by atoms with Gasteiger partial charge in [0.05, 0.1) is 16.3 Å². The Morgan fingerprint density at radius 2 is 1.80 bits per heavy atom. The average molecular weight is 429 g/mol. The Bertz CT molecular complexity index is 1310. The predicted octanol–water partition coefficient (Wildman–Crippen LogP) is 5.86. The molecule has 0 aliphatic rings. The number of aromatic nitrogens is 3. The van der Waals surface area contributed by atoms with Crippen molar-refractivity contribution in [1.82, 2.24) is 14.6 Å². The number of para-hydroxylation sites is 1. The van der Waals surface area contributed by atoms with Crippen LogP contribution >= 0.6 is 23.1 Å². The summed E-state index contributed by atoms with van der Waals surface area (Å²) in [5.74, 6) is -0.265. The van der Waals surface area contributed by atoms with Crippen LogP contribution in [0.2, 0.25) is 0 Å². The van der Waals surface area contributed by atoms with E-state index in [0.29, 0.717) is 11.3 Å². The summed E-state index contributed by atoms with van der Waals surface area (Å²) >= 11 is 3.23. The molecule has 0 unspecified atom stereocenters. The fraction of sp³-hybridized carbons (Fsp3) is 0. The van der Waals surface area contributed by atoms with E-state index < -0.39 is 0 Å². The molecule has 0 radical (unpaired) electrons. The van der Waals surface area contributed by atoms with Crippen molar-refractivity contribution in [3.8, 4) is 10.6 Å². The lowest BCUT2D eigenvalue weighted by Crippen LogP contribution is -2.13. The van der Waals surface area contributed by atoms with Crippen LogP contribution in [0.5, 0.6) is 0 Å². The van der Waals surface area contributed by atoms with Gasteiger partial charge in [0.15, 0.2) is 11.3 Å². The molecule has 146 valence electrons. The zero-order valence-corrected chi connectivity index (χ0v) is 17.4. The molecular weight excluding hydrogens is 412 g/mol. The van der Waals surface area contributed by atoms with Crippen molar-refractivity contribution in [1.29, 1.82) is 0 Å².